The maximum atomic E-state index is 13.9. The normalized spacial score (nSPS) is 11.3. The van der Waals surface area contributed by atoms with Crippen LogP contribution in [0.2, 0.25) is 0 Å². The minimum atomic E-state index is -0.142. The highest BCUT2D eigenvalue weighted by Gasteiger charge is 2.20. The lowest BCUT2D eigenvalue weighted by atomic mass is 9.96. The van der Waals surface area contributed by atoms with Crippen LogP contribution in [0.5, 0.6) is 0 Å². The Morgan fingerprint density at radius 2 is 1.86 bits per heavy atom. The molecule has 0 unspecified atom stereocenters. The highest BCUT2D eigenvalue weighted by Crippen LogP contribution is 2.32. The summed E-state index contributed by atoms with van der Waals surface area (Å²) in [7, 11) is 0. The summed E-state index contributed by atoms with van der Waals surface area (Å²) in [6.45, 7) is 5.08. The largest absolute Gasteiger partial charge is 0.392 e. The zero-order valence-electron chi connectivity index (χ0n) is 21.0. The smallest absolute Gasteiger partial charge is 0.334 e. The number of nitrogens with zero attached hydrogens (tertiary/aromatic N) is 7. The molecule has 0 saturated carbocycles. The molecule has 5 rings (SSSR count). The van der Waals surface area contributed by atoms with Crippen LogP contribution in [0, 0.1) is 0 Å². The molecule has 2 N–H and O–H groups in total. The van der Waals surface area contributed by atoms with Crippen LogP contribution in [0.3, 0.4) is 0 Å². The number of nitrogens with one attached hydrogen (secondary N) is 1. The van der Waals surface area contributed by atoms with Gasteiger partial charge in [-0.25, -0.2) is 9.89 Å². The molecule has 0 fully saturated rings. The van der Waals surface area contributed by atoms with E-state index in [2.05, 4.69) is 32.5 Å². The van der Waals surface area contributed by atoms with E-state index in [-0.39, 0.29) is 12.3 Å². The van der Waals surface area contributed by atoms with Gasteiger partial charge in [-0.3, -0.25) is 14.1 Å². The number of imidazole rings is 1. The Morgan fingerprint density at radius 1 is 1.03 bits per heavy atom. The number of aromatic nitrogens is 8. The quantitative estimate of drug-likeness (QED) is 0.304. The molecular formula is C27H30N8O2. The van der Waals surface area contributed by atoms with E-state index in [1.54, 1.807) is 10.8 Å². The molecule has 0 spiro atoms. The number of hydrogen-bond donors (Lipinski definition) is 2. The van der Waals surface area contributed by atoms with Gasteiger partial charge in [0.05, 0.1) is 13.2 Å². The second kappa shape index (κ2) is 10.8. The maximum absolute atomic E-state index is 13.9. The van der Waals surface area contributed by atoms with Gasteiger partial charge in [-0.2, -0.15) is 0 Å². The molecule has 0 atom stereocenters. The summed E-state index contributed by atoms with van der Waals surface area (Å²) in [5.74, 6) is 1.28. The first kappa shape index (κ1) is 24.4. The fraction of sp³-hybridized carbons (Fsp3) is 0.296. The van der Waals surface area contributed by atoms with Crippen molar-refractivity contribution in [3.05, 3.63) is 88.5 Å². The van der Waals surface area contributed by atoms with Gasteiger partial charge in [0.2, 0.25) is 0 Å². The number of pyridine rings is 1. The second-order valence-corrected chi connectivity index (χ2v) is 8.90. The molecule has 0 aliphatic carbocycles. The Balaban J connectivity index is 1.63. The van der Waals surface area contributed by atoms with E-state index >= 15 is 0 Å². The first-order chi connectivity index (χ1) is 18.2. The van der Waals surface area contributed by atoms with Gasteiger partial charge in [-0.15, -0.1) is 5.10 Å². The molecule has 10 heteroatoms. The van der Waals surface area contributed by atoms with Crippen LogP contribution in [0.25, 0.3) is 28.3 Å². The van der Waals surface area contributed by atoms with Crippen molar-refractivity contribution in [2.75, 3.05) is 0 Å². The zero-order chi connectivity index (χ0) is 25.8. The molecule has 190 valence electrons. The minimum absolute atomic E-state index is 0.135. The first-order valence-electron chi connectivity index (χ1n) is 12.5. The number of benzene rings is 1. The van der Waals surface area contributed by atoms with Gasteiger partial charge in [0.1, 0.15) is 5.82 Å². The fourth-order valence-corrected chi connectivity index (χ4v) is 4.77. The van der Waals surface area contributed by atoms with Crippen LogP contribution >= 0.6 is 0 Å². The molecule has 4 heterocycles. The van der Waals surface area contributed by atoms with E-state index < -0.39 is 0 Å². The molecule has 0 aliphatic rings. The van der Waals surface area contributed by atoms with Crippen LogP contribution in [-0.2, 0) is 26.1 Å². The van der Waals surface area contributed by atoms with E-state index in [4.69, 9.17) is 0 Å². The van der Waals surface area contributed by atoms with E-state index in [9.17, 15) is 9.90 Å². The van der Waals surface area contributed by atoms with E-state index in [1.807, 2.05) is 71.0 Å². The highest BCUT2D eigenvalue weighted by molar-refractivity contribution is 5.81. The first-order valence-corrected chi connectivity index (χ1v) is 12.5. The highest BCUT2D eigenvalue weighted by atomic mass is 16.3. The molecule has 0 aliphatic heterocycles. The van der Waals surface area contributed by atoms with Crippen LogP contribution in [0.1, 0.15) is 43.5 Å². The molecule has 1 aromatic carbocycles. The maximum Gasteiger partial charge on any atom is 0.334 e. The number of hydrogen-bond acceptors (Lipinski definition) is 6. The molecule has 0 saturated heterocycles. The summed E-state index contributed by atoms with van der Waals surface area (Å²) in [6, 6.07) is 11.7. The predicted octanol–water partition coefficient (Wildman–Crippen LogP) is 3.59. The average Bonchev–Trinajstić information content (AvgIpc) is 3.68. The third-order valence-corrected chi connectivity index (χ3v) is 6.65. The summed E-state index contributed by atoms with van der Waals surface area (Å²) >= 11 is 0. The Kier molecular flexibility index (Phi) is 7.09. The molecular weight excluding hydrogens is 468 g/mol. The Morgan fingerprint density at radius 3 is 2.59 bits per heavy atom. The van der Waals surface area contributed by atoms with Crippen molar-refractivity contribution < 1.29 is 5.11 Å². The van der Waals surface area contributed by atoms with Gasteiger partial charge < -0.3 is 9.67 Å². The molecule has 4 aromatic heterocycles. The van der Waals surface area contributed by atoms with Gasteiger partial charge in [-0.1, -0.05) is 37.6 Å². The lowest BCUT2D eigenvalue weighted by Crippen LogP contribution is -2.26. The van der Waals surface area contributed by atoms with E-state index in [0.29, 0.717) is 24.7 Å². The van der Waals surface area contributed by atoms with Crippen molar-refractivity contribution in [2.24, 2.45) is 0 Å². The van der Waals surface area contributed by atoms with Gasteiger partial charge in [-0.05, 0) is 59.0 Å². The lowest BCUT2D eigenvalue weighted by molar-refractivity contribution is 0.281. The summed E-state index contributed by atoms with van der Waals surface area (Å²) < 4.78 is 5.48. The van der Waals surface area contributed by atoms with E-state index in [0.717, 1.165) is 52.8 Å². The van der Waals surface area contributed by atoms with Crippen LogP contribution in [0.15, 0.2) is 66.0 Å². The van der Waals surface area contributed by atoms with Crippen molar-refractivity contribution >= 4 is 0 Å². The molecule has 37 heavy (non-hydrogen) atoms. The van der Waals surface area contributed by atoms with Crippen LogP contribution < -0.4 is 5.69 Å². The van der Waals surface area contributed by atoms with Crippen molar-refractivity contribution in [1.82, 2.24) is 39.3 Å². The van der Waals surface area contributed by atoms with E-state index in [1.165, 1.54) is 0 Å². The van der Waals surface area contributed by atoms with Gasteiger partial charge in [0.25, 0.3) is 0 Å². The Hall–Kier alpha value is -4.31. The van der Waals surface area contributed by atoms with Gasteiger partial charge in [0, 0.05) is 48.2 Å². The number of aromatic amines is 1. The number of aryl methyl sites for hydroxylation is 2. The Bertz CT molecular complexity index is 1520. The number of unbranched alkanes of at least 4 members (excludes halogenated alkanes) is 1. The van der Waals surface area contributed by atoms with Gasteiger partial charge in [0.15, 0.2) is 5.82 Å². The molecule has 0 radical (unpaired) electrons. The number of aliphatic hydroxyl groups is 1. The van der Waals surface area contributed by atoms with Crippen molar-refractivity contribution in [2.45, 2.75) is 52.8 Å². The predicted molar refractivity (Wildman–Crippen MR) is 140 cm³/mol. The lowest BCUT2D eigenvalue weighted by Gasteiger charge is -2.14. The standard InChI is InChI=1S/C27H30N8O2/c1-3-5-8-21-17-35(26-19(18-36)12-14-33(26)4-2)27(37)34(21)16-20-15-28-13-11-22(20)23-9-6-7-10-24(23)25-29-31-32-30-25/h6-7,9-15,17,36H,3-5,8,16,18H2,1-2H3,(H,29,30,31,32). The third kappa shape index (κ3) is 4.63. The average molecular weight is 499 g/mol. The van der Waals surface area contributed by atoms with Crippen molar-refractivity contribution in [1.29, 1.82) is 0 Å². The summed E-state index contributed by atoms with van der Waals surface area (Å²) in [4.78, 5) is 18.3. The number of rotatable bonds is 10. The molecule has 0 amide bonds. The SMILES string of the molecule is CCCCc1cn(-c2c(CO)ccn2CC)c(=O)n1Cc1cnccc1-c1ccccc1-c1nnn[nH]1. The summed E-state index contributed by atoms with van der Waals surface area (Å²) in [6.07, 6.45) is 10.1. The topological polar surface area (TPSA) is 119 Å². The van der Waals surface area contributed by atoms with Crippen molar-refractivity contribution in [3.8, 4) is 28.3 Å². The zero-order valence-corrected chi connectivity index (χ0v) is 21.0. The fourth-order valence-electron chi connectivity index (χ4n) is 4.77. The second-order valence-electron chi connectivity index (χ2n) is 8.90. The van der Waals surface area contributed by atoms with Crippen molar-refractivity contribution in [3.63, 3.8) is 0 Å². The van der Waals surface area contributed by atoms with Gasteiger partial charge >= 0.3 is 5.69 Å². The monoisotopic (exact) mass is 498 g/mol. The third-order valence-electron chi connectivity index (χ3n) is 6.65. The molecule has 0 bridgehead atoms. The number of tetrazole rings is 1. The number of H-pyrrole nitrogens is 1. The molecule has 10 nitrogen and oxygen atoms in total. The Labute approximate surface area is 214 Å². The van der Waals surface area contributed by atoms with Crippen LogP contribution in [0.4, 0.5) is 0 Å². The number of aliphatic hydroxyl groups excluding tert-OH is 1. The summed E-state index contributed by atoms with van der Waals surface area (Å²) in [5, 5.41) is 24.3. The minimum Gasteiger partial charge on any atom is -0.392 e. The molecule has 5 aromatic rings. The summed E-state index contributed by atoms with van der Waals surface area (Å²) in [5.41, 5.74) is 5.20. The van der Waals surface area contributed by atoms with Crippen LogP contribution in [-0.4, -0.2) is 44.4 Å².